The molecule has 0 aromatic rings. The predicted octanol–water partition coefficient (Wildman–Crippen LogP) is 2.45. The van der Waals surface area contributed by atoms with Crippen LogP contribution in [0.4, 0.5) is 0 Å². The molecule has 1 heterocycles. The lowest BCUT2D eigenvalue weighted by Crippen LogP contribution is -2.51. The van der Waals surface area contributed by atoms with Crippen LogP contribution < -0.4 is 0 Å². The zero-order valence-corrected chi connectivity index (χ0v) is 11.4. The lowest BCUT2D eigenvalue weighted by Gasteiger charge is -2.42. The minimum Gasteiger partial charge on any atom is -0.305 e. The minimum atomic E-state index is 0.378. The molecule has 2 heteroatoms. The topological polar surface area (TPSA) is 6.48 Å². The molecule has 0 aromatic carbocycles. The lowest BCUT2D eigenvalue weighted by atomic mass is 9.85. The van der Waals surface area contributed by atoms with Crippen molar-refractivity contribution in [1.29, 1.82) is 0 Å². The van der Waals surface area contributed by atoms with Crippen LogP contribution in [0.1, 0.15) is 41.0 Å². The number of rotatable bonds is 1. The Morgan fingerprint density at radius 2 is 1.73 bits per heavy atom. The molecule has 0 unspecified atom stereocenters. The van der Waals surface area contributed by atoms with Crippen molar-refractivity contribution < 1.29 is 0 Å². The molecule has 1 aliphatic rings. The van der Waals surface area contributed by atoms with Gasteiger partial charge in [-0.2, -0.15) is 0 Å². The van der Waals surface area contributed by atoms with Crippen LogP contribution in [-0.2, 0) is 0 Å². The van der Waals surface area contributed by atoms with E-state index in [0.717, 1.165) is 0 Å². The molecule has 0 saturated carbocycles. The van der Waals surface area contributed by atoms with Crippen molar-refractivity contribution in [1.82, 2.24) is 9.80 Å². The van der Waals surface area contributed by atoms with Gasteiger partial charge in [-0.05, 0) is 45.8 Å². The monoisotopic (exact) mass is 212 g/mol. The quantitative estimate of drug-likeness (QED) is 0.659. The van der Waals surface area contributed by atoms with Crippen molar-refractivity contribution in [2.75, 3.05) is 26.7 Å². The molecule has 2 nitrogen and oxygen atoms in total. The molecule has 0 bridgehead atoms. The Morgan fingerprint density at radius 1 is 1.13 bits per heavy atom. The van der Waals surface area contributed by atoms with Crippen molar-refractivity contribution in [2.45, 2.75) is 53.1 Å². The first-order valence-corrected chi connectivity index (χ1v) is 6.26. The first-order chi connectivity index (χ1) is 6.82. The fraction of sp³-hybridized carbons (Fsp3) is 1.00. The van der Waals surface area contributed by atoms with Crippen LogP contribution in [0.15, 0.2) is 0 Å². The molecular weight excluding hydrogens is 184 g/mol. The van der Waals surface area contributed by atoms with E-state index in [2.05, 4.69) is 51.5 Å². The summed E-state index contributed by atoms with van der Waals surface area (Å²) in [6, 6.07) is 1.35. The van der Waals surface area contributed by atoms with E-state index in [1.54, 1.807) is 0 Å². The highest BCUT2D eigenvalue weighted by molar-refractivity contribution is 4.89. The van der Waals surface area contributed by atoms with Crippen LogP contribution in [0, 0.1) is 5.41 Å². The summed E-state index contributed by atoms with van der Waals surface area (Å²) in [5, 5.41) is 0. The molecule has 0 aliphatic carbocycles. The standard InChI is InChI=1S/C13H28N2/c1-11(2)15-9-7-8-14(6)10-12(15)13(3,4)5/h11-12H,7-10H2,1-6H3/t12-/m0/s1. The normalized spacial score (nSPS) is 27.0. The van der Waals surface area contributed by atoms with E-state index in [9.17, 15) is 0 Å². The molecule has 0 spiro atoms. The summed E-state index contributed by atoms with van der Waals surface area (Å²) in [5.74, 6) is 0. The van der Waals surface area contributed by atoms with Crippen LogP contribution in [0.3, 0.4) is 0 Å². The average molecular weight is 212 g/mol. The van der Waals surface area contributed by atoms with Gasteiger partial charge < -0.3 is 4.90 Å². The van der Waals surface area contributed by atoms with Crippen molar-refractivity contribution in [3.63, 3.8) is 0 Å². The van der Waals surface area contributed by atoms with Crippen LogP contribution in [0.2, 0.25) is 0 Å². The molecule has 1 atom stereocenters. The van der Waals surface area contributed by atoms with E-state index in [-0.39, 0.29) is 0 Å². The lowest BCUT2D eigenvalue weighted by molar-refractivity contribution is 0.0672. The molecule has 1 fully saturated rings. The van der Waals surface area contributed by atoms with Gasteiger partial charge in [0.2, 0.25) is 0 Å². The second-order valence-corrected chi connectivity index (χ2v) is 6.33. The molecule has 1 aliphatic heterocycles. The maximum atomic E-state index is 2.68. The summed E-state index contributed by atoms with van der Waals surface area (Å²) in [7, 11) is 2.25. The van der Waals surface area contributed by atoms with Gasteiger partial charge in [0.15, 0.2) is 0 Å². The highest BCUT2D eigenvalue weighted by Crippen LogP contribution is 2.28. The molecule has 15 heavy (non-hydrogen) atoms. The van der Waals surface area contributed by atoms with Crippen LogP contribution in [-0.4, -0.2) is 48.6 Å². The van der Waals surface area contributed by atoms with E-state index in [4.69, 9.17) is 0 Å². The Hall–Kier alpha value is -0.0800. The van der Waals surface area contributed by atoms with E-state index in [0.29, 0.717) is 17.5 Å². The predicted molar refractivity (Wildman–Crippen MR) is 67.2 cm³/mol. The Balaban J connectivity index is 2.82. The summed E-state index contributed by atoms with van der Waals surface area (Å²) in [4.78, 5) is 5.17. The van der Waals surface area contributed by atoms with Gasteiger partial charge in [-0.1, -0.05) is 20.8 Å². The fourth-order valence-corrected chi connectivity index (χ4v) is 2.56. The summed E-state index contributed by atoms with van der Waals surface area (Å²) in [6.45, 7) is 15.5. The van der Waals surface area contributed by atoms with Gasteiger partial charge in [-0.3, -0.25) is 4.90 Å². The third kappa shape index (κ3) is 3.46. The zero-order valence-electron chi connectivity index (χ0n) is 11.4. The Kier molecular flexibility index (Phi) is 4.19. The zero-order chi connectivity index (χ0) is 11.6. The second kappa shape index (κ2) is 4.84. The maximum Gasteiger partial charge on any atom is 0.0274 e. The molecule has 0 amide bonds. The van der Waals surface area contributed by atoms with E-state index in [1.807, 2.05) is 0 Å². The average Bonchev–Trinajstić information content (AvgIpc) is 2.25. The molecule has 1 saturated heterocycles. The van der Waals surface area contributed by atoms with E-state index in [1.165, 1.54) is 26.1 Å². The van der Waals surface area contributed by atoms with Gasteiger partial charge in [0.25, 0.3) is 0 Å². The van der Waals surface area contributed by atoms with E-state index >= 15 is 0 Å². The minimum absolute atomic E-state index is 0.378. The second-order valence-electron chi connectivity index (χ2n) is 6.33. The van der Waals surface area contributed by atoms with Crippen molar-refractivity contribution in [2.24, 2.45) is 5.41 Å². The van der Waals surface area contributed by atoms with Gasteiger partial charge in [-0.15, -0.1) is 0 Å². The molecule has 90 valence electrons. The molecular formula is C13H28N2. The SMILES string of the molecule is CC(C)N1CCCN(C)C[C@H]1C(C)(C)C. The third-order valence-corrected chi connectivity index (χ3v) is 3.50. The van der Waals surface area contributed by atoms with Gasteiger partial charge in [-0.25, -0.2) is 0 Å². The number of hydrogen-bond donors (Lipinski definition) is 0. The Bertz CT molecular complexity index is 193. The van der Waals surface area contributed by atoms with Crippen molar-refractivity contribution >= 4 is 0 Å². The first-order valence-electron chi connectivity index (χ1n) is 6.26. The number of likely N-dealkylation sites (N-methyl/N-ethyl adjacent to an activating group) is 1. The van der Waals surface area contributed by atoms with Gasteiger partial charge >= 0.3 is 0 Å². The van der Waals surface area contributed by atoms with Gasteiger partial charge in [0.1, 0.15) is 0 Å². The highest BCUT2D eigenvalue weighted by Gasteiger charge is 2.33. The summed E-state index contributed by atoms with van der Waals surface area (Å²) >= 11 is 0. The largest absolute Gasteiger partial charge is 0.305 e. The molecule has 1 rings (SSSR count). The van der Waals surface area contributed by atoms with Crippen molar-refractivity contribution in [3.8, 4) is 0 Å². The number of hydrogen-bond acceptors (Lipinski definition) is 2. The fourth-order valence-electron chi connectivity index (χ4n) is 2.56. The summed E-state index contributed by atoms with van der Waals surface area (Å²) in [6.07, 6.45) is 1.31. The number of nitrogens with zero attached hydrogens (tertiary/aromatic N) is 2. The van der Waals surface area contributed by atoms with Gasteiger partial charge in [0.05, 0.1) is 0 Å². The van der Waals surface area contributed by atoms with Crippen LogP contribution >= 0.6 is 0 Å². The van der Waals surface area contributed by atoms with Crippen LogP contribution in [0.25, 0.3) is 0 Å². The van der Waals surface area contributed by atoms with E-state index < -0.39 is 0 Å². The molecule has 0 N–H and O–H groups in total. The first kappa shape index (κ1) is 13.0. The smallest absolute Gasteiger partial charge is 0.0274 e. The highest BCUT2D eigenvalue weighted by atomic mass is 15.3. The van der Waals surface area contributed by atoms with Crippen LogP contribution in [0.5, 0.6) is 0 Å². The summed E-state index contributed by atoms with van der Waals surface area (Å²) in [5.41, 5.74) is 0.378. The summed E-state index contributed by atoms with van der Waals surface area (Å²) < 4.78 is 0. The van der Waals surface area contributed by atoms with Crippen molar-refractivity contribution in [3.05, 3.63) is 0 Å². The van der Waals surface area contributed by atoms with Gasteiger partial charge in [0, 0.05) is 18.6 Å². The third-order valence-electron chi connectivity index (χ3n) is 3.50. The molecule has 0 radical (unpaired) electrons. The Morgan fingerprint density at radius 3 is 2.20 bits per heavy atom. The Labute approximate surface area is 95.6 Å². The maximum absolute atomic E-state index is 2.68. The molecule has 0 aromatic heterocycles.